The zero-order chi connectivity index (χ0) is 18.4. The van der Waals surface area contributed by atoms with Crippen LogP contribution < -0.4 is 14.8 Å². The lowest BCUT2D eigenvalue weighted by molar-refractivity contribution is 0.0911. The van der Waals surface area contributed by atoms with Gasteiger partial charge in [-0.25, -0.2) is 0 Å². The van der Waals surface area contributed by atoms with Crippen molar-refractivity contribution < 1.29 is 18.7 Å². The van der Waals surface area contributed by atoms with Gasteiger partial charge in [0.1, 0.15) is 17.3 Å². The van der Waals surface area contributed by atoms with Crippen LogP contribution in [0.4, 0.5) is 0 Å². The van der Waals surface area contributed by atoms with E-state index in [1.54, 1.807) is 38.7 Å². The highest BCUT2D eigenvalue weighted by molar-refractivity contribution is 5.97. The van der Waals surface area contributed by atoms with Crippen molar-refractivity contribution in [3.63, 3.8) is 0 Å². The third kappa shape index (κ3) is 4.19. The molecule has 1 aromatic heterocycles. The zero-order valence-corrected chi connectivity index (χ0v) is 15.4. The van der Waals surface area contributed by atoms with E-state index in [1.165, 1.54) is 19.3 Å². The Labute approximate surface area is 154 Å². The quantitative estimate of drug-likeness (QED) is 0.823. The molecular formula is C20H26N2O4. The summed E-state index contributed by atoms with van der Waals surface area (Å²) in [6.45, 7) is 2.51. The minimum atomic E-state index is -0.186. The van der Waals surface area contributed by atoms with Crippen molar-refractivity contribution in [3.05, 3.63) is 47.9 Å². The predicted octanol–water partition coefficient (Wildman–Crippen LogP) is 3.25. The van der Waals surface area contributed by atoms with E-state index in [0.29, 0.717) is 23.6 Å². The maximum Gasteiger partial charge on any atom is 0.255 e. The number of rotatable bonds is 7. The summed E-state index contributed by atoms with van der Waals surface area (Å²) in [7, 11) is 3.13. The summed E-state index contributed by atoms with van der Waals surface area (Å²) in [5, 5.41) is 3.03. The molecule has 1 N–H and O–H groups in total. The molecule has 2 heterocycles. The standard InChI is InChI=1S/C20H26N2O4/c1-24-15-8-9-18(25-2)16(13-15)20(23)21-14-17(19-7-6-12-26-19)22-10-4-3-5-11-22/h6-9,12-13,17H,3-5,10-11,14H2,1-2H3,(H,21,23). The Balaban J connectivity index is 1.73. The third-order valence-electron chi connectivity index (χ3n) is 4.81. The van der Waals surface area contributed by atoms with Gasteiger partial charge in [0, 0.05) is 6.54 Å². The summed E-state index contributed by atoms with van der Waals surface area (Å²) in [5.74, 6) is 1.84. The molecule has 1 saturated heterocycles. The second-order valence-electron chi connectivity index (χ2n) is 6.40. The van der Waals surface area contributed by atoms with Gasteiger partial charge in [0.05, 0.1) is 32.1 Å². The van der Waals surface area contributed by atoms with Gasteiger partial charge < -0.3 is 19.2 Å². The first-order chi connectivity index (χ1) is 12.7. The third-order valence-corrected chi connectivity index (χ3v) is 4.81. The van der Waals surface area contributed by atoms with Crippen LogP contribution in [-0.4, -0.2) is 44.7 Å². The van der Waals surface area contributed by atoms with E-state index in [1.807, 2.05) is 12.1 Å². The van der Waals surface area contributed by atoms with Crippen LogP contribution >= 0.6 is 0 Å². The van der Waals surface area contributed by atoms with Crippen LogP contribution in [0.2, 0.25) is 0 Å². The molecule has 140 valence electrons. The van der Waals surface area contributed by atoms with E-state index in [9.17, 15) is 4.79 Å². The van der Waals surface area contributed by atoms with E-state index >= 15 is 0 Å². The molecule has 1 aliphatic heterocycles. The Morgan fingerprint density at radius 1 is 1.19 bits per heavy atom. The van der Waals surface area contributed by atoms with Crippen LogP contribution in [0, 0.1) is 0 Å². The molecule has 0 radical (unpaired) electrons. The summed E-state index contributed by atoms with van der Waals surface area (Å²) < 4.78 is 16.2. The summed E-state index contributed by atoms with van der Waals surface area (Å²) in [4.78, 5) is 15.1. The number of nitrogens with zero attached hydrogens (tertiary/aromatic N) is 1. The molecule has 3 rings (SSSR count). The number of ether oxygens (including phenoxy) is 2. The van der Waals surface area contributed by atoms with Gasteiger partial charge >= 0.3 is 0 Å². The van der Waals surface area contributed by atoms with Crippen LogP contribution in [0.5, 0.6) is 11.5 Å². The van der Waals surface area contributed by atoms with Crippen LogP contribution in [0.25, 0.3) is 0 Å². The summed E-state index contributed by atoms with van der Waals surface area (Å²) in [6, 6.07) is 9.09. The molecule has 0 spiro atoms. The van der Waals surface area contributed by atoms with Crippen molar-refractivity contribution in [2.75, 3.05) is 33.9 Å². The second kappa shape index (κ2) is 8.76. The minimum Gasteiger partial charge on any atom is -0.497 e. The average Bonchev–Trinajstić information content (AvgIpc) is 3.22. The zero-order valence-electron chi connectivity index (χ0n) is 15.4. The lowest BCUT2D eigenvalue weighted by atomic mass is 10.1. The lowest BCUT2D eigenvalue weighted by Gasteiger charge is -2.33. The fourth-order valence-corrected chi connectivity index (χ4v) is 3.40. The fourth-order valence-electron chi connectivity index (χ4n) is 3.40. The highest BCUT2D eigenvalue weighted by Gasteiger charge is 2.25. The number of carbonyl (C=O) groups excluding carboxylic acids is 1. The Hall–Kier alpha value is -2.47. The molecule has 1 amide bonds. The number of furan rings is 1. The van der Waals surface area contributed by atoms with Gasteiger partial charge in [-0.05, 0) is 56.3 Å². The van der Waals surface area contributed by atoms with Gasteiger partial charge in [-0.3, -0.25) is 9.69 Å². The van der Waals surface area contributed by atoms with Crippen LogP contribution in [-0.2, 0) is 0 Å². The van der Waals surface area contributed by atoms with E-state index < -0.39 is 0 Å². The highest BCUT2D eigenvalue weighted by Crippen LogP contribution is 2.26. The molecule has 26 heavy (non-hydrogen) atoms. The van der Waals surface area contributed by atoms with E-state index in [2.05, 4.69) is 10.2 Å². The number of benzene rings is 1. The van der Waals surface area contributed by atoms with Gasteiger partial charge in [-0.15, -0.1) is 0 Å². The molecule has 1 fully saturated rings. The van der Waals surface area contributed by atoms with Crippen molar-refractivity contribution >= 4 is 5.91 Å². The summed E-state index contributed by atoms with van der Waals surface area (Å²) in [5.41, 5.74) is 0.462. The molecule has 1 aliphatic rings. The number of hydrogen-bond donors (Lipinski definition) is 1. The summed E-state index contributed by atoms with van der Waals surface area (Å²) in [6.07, 6.45) is 5.29. The second-order valence-corrected chi connectivity index (χ2v) is 6.40. The maximum atomic E-state index is 12.8. The number of hydrogen-bond acceptors (Lipinski definition) is 5. The van der Waals surface area contributed by atoms with Gasteiger partial charge in [0.2, 0.25) is 0 Å². The largest absolute Gasteiger partial charge is 0.497 e. The van der Waals surface area contributed by atoms with Crippen molar-refractivity contribution in [1.82, 2.24) is 10.2 Å². The number of carbonyl (C=O) groups is 1. The molecule has 6 nitrogen and oxygen atoms in total. The molecule has 1 unspecified atom stereocenters. The topological polar surface area (TPSA) is 63.9 Å². The smallest absolute Gasteiger partial charge is 0.255 e. The average molecular weight is 358 g/mol. The Morgan fingerprint density at radius 2 is 2.00 bits per heavy atom. The molecule has 0 aliphatic carbocycles. The number of amides is 1. The molecule has 6 heteroatoms. The summed E-state index contributed by atoms with van der Waals surface area (Å²) >= 11 is 0. The van der Waals surface area contributed by atoms with Crippen molar-refractivity contribution in [2.45, 2.75) is 25.3 Å². The van der Waals surface area contributed by atoms with Crippen molar-refractivity contribution in [1.29, 1.82) is 0 Å². The first kappa shape index (κ1) is 18.3. The highest BCUT2D eigenvalue weighted by atomic mass is 16.5. The number of likely N-dealkylation sites (tertiary alicyclic amines) is 1. The van der Waals surface area contributed by atoms with Crippen LogP contribution in [0.1, 0.15) is 41.4 Å². The van der Waals surface area contributed by atoms with Gasteiger partial charge in [-0.1, -0.05) is 6.42 Å². The molecule has 1 atom stereocenters. The molecule has 0 bridgehead atoms. The van der Waals surface area contributed by atoms with E-state index in [0.717, 1.165) is 18.8 Å². The monoisotopic (exact) mass is 358 g/mol. The number of nitrogens with one attached hydrogen (secondary N) is 1. The Bertz CT molecular complexity index is 709. The van der Waals surface area contributed by atoms with E-state index in [-0.39, 0.29) is 11.9 Å². The number of methoxy groups -OCH3 is 2. The van der Waals surface area contributed by atoms with Crippen molar-refractivity contribution in [3.8, 4) is 11.5 Å². The predicted molar refractivity (Wildman–Crippen MR) is 98.8 cm³/mol. The Morgan fingerprint density at radius 3 is 2.65 bits per heavy atom. The normalized spacial score (nSPS) is 16.1. The van der Waals surface area contributed by atoms with Crippen LogP contribution in [0.3, 0.4) is 0 Å². The first-order valence-corrected chi connectivity index (χ1v) is 9.00. The number of piperidine rings is 1. The first-order valence-electron chi connectivity index (χ1n) is 9.00. The van der Waals surface area contributed by atoms with Gasteiger partial charge in [0.15, 0.2) is 0 Å². The van der Waals surface area contributed by atoms with Crippen molar-refractivity contribution in [2.24, 2.45) is 0 Å². The maximum absolute atomic E-state index is 12.8. The fraction of sp³-hybridized carbons (Fsp3) is 0.450. The minimum absolute atomic E-state index is 0.0332. The Kier molecular flexibility index (Phi) is 6.17. The van der Waals surface area contributed by atoms with Crippen LogP contribution in [0.15, 0.2) is 41.0 Å². The van der Waals surface area contributed by atoms with E-state index in [4.69, 9.17) is 13.9 Å². The molecule has 1 aromatic carbocycles. The van der Waals surface area contributed by atoms with Gasteiger partial charge in [0.25, 0.3) is 5.91 Å². The van der Waals surface area contributed by atoms with Gasteiger partial charge in [-0.2, -0.15) is 0 Å². The molecule has 2 aromatic rings. The molecular weight excluding hydrogens is 332 g/mol. The molecule has 0 saturated carbocycles. The lowest BCUT2D eigenvalue weighted by Crippen LogP contribution is -2.40. The SMILES string of the molecule is COc1ccc(OC)c(C(=O)NCC(c2ccco2)N2CCCCC2)c1.